The Morgan fingerprint density at radius 1 is 0.133 bits per heavy atom. The molecule has 12 aliphatic carbocycles. The summed E-state index contributed by atoms with van der Waals surface area (Å²) in [6.45, 7) is 60.8. The van der Waals surface area contributed by atoms with Crippen molar-refractivity contribution in [1.29, 1.82) is 0 Å². The molecule has 0 heterocycles. The number of benzene rings is 7. The quantitative estimate of drug-likeness (QED) is 0.142. The molecule has 12 aliphatic rings. The summed E-state index contributed by atoms with van der Waals surface area (Å²) in [5.74, 6) is 0. The summed E-state index contributed by atoms with van der Waals surface area (Å²) < 4.78 is 0. The van der Waals surface area contributed by atoms with Crippen LogP contribution in [0.3, 0.4) is 0 Å². The molecular formula is C90H90. The van der Waals surface area contributed by atoms with Crippen LogP contribution < -0.4 is 0 Å². The van der Waals surface area contributed by atoms with Crippen molar-refractivity contribution in [1.82, 2.24) is 0 Å². The molecule has 0 aliphatic heterocycles. The predicted octanol–water partition coefficient (Wildman–Crippen LogP) is 22.6. The van der Waals surface area contributed by atoms with Gasteiger partial charge in [0.05, 0.1) is 0 Å². The summed E-state index contributed by atoms with van der Waals surface area (Å²) in [7, 11) is 0. The molecule has 0 saturated carbocycles. The molecule has 0 spiro atoms. The monoisotopic (exact) mass is 1170 g/mol. The van der Waals surface area contributed by atoms with Crippen molar-refractivity contribution in [2.75, 3.05) is 0 Å². The Labute approximate surface area is 537 Å². The fraction of sp³-hybridized carbons (Fsp3) is 0.400. The second-order valence-electron chi connectivity index (χ2n) is 36.8. The maximum atomic E-state index is 2.73. The second-order valence-corrected chi connectivity index (χ2v) is 36.8. The summed E-state index contributed by atoms with van der Waals surface area (Å²) in [6.07, 6.45) is 0. The molecule has 0 nitrogen and oxygen atoms in total. The van der Waals surface area contributed by atoms with Crippen molar-refractivity contribution in [2.45, 2.75) is 231 Å². The molecule has 0 bridgehead atoms. The Morgan fingerprint density at radius 3 is 0.389 bits per heavy atom. The molecule has 7 aromatic carbocycles. The van der Waals surface area contributed by atoms with Gasteiger partial charge in [-0.25, -0.2) is 0 Å². The van der Waals surface area contributed by atoms with E-state index in [4.69, 9.17) is 0 Å². The van der Waals surface area contributed by atoms with E-state index in [1.54, 1.807) is 66.9 Å². The topological polar surface area (TPSA) is 0 Å². The summed E-state index contributed by atoms with van der Waals surface area (Å²) in [4.78, 5) is 0. The smallest absolute Gasteiger partial charge is 0.0162 e. The third-order valence-corrected chi connectivity index (χ3v) is 28.0. The zero-order valence-electron chi connectivity index (χ0n) is 58.4. The highest BCUT2D eigenvalue weighted by molar-refractivity contribution is 6.19. The Balaban J connectivity index is 0.694. The first-order chi connectivity index (χ1) is 41.7. The molecule has 0 radical (unpaired) electrons. The van der Waals surface area contributed by atoms with Gasteiger partial charge in [0.25, 0.3) is 0 Å². The van der Waals surface area contributed by atoms with Gasteiger partial charge in [-0.05, 0) is 261 Å². The third-order valence-electron chi connectivity index (χ3n) is 28.0. The highest BCUT2D eigenvalue weighted by Crippen LogP contribution is 2.74. The van der Waals surface area contributed by atoms with Crippen LogP contribution in [0.1, 0.15) is 300 Å². The van der Waals surface area contributed by atoms with E-state index in [2.05, 4.69) is 275 Å². The largest absolute Gasteiger partial charge is 0.0619 e. The molecule has 0 heteroatoms. The first-order valence-corrected chi connectivity index (χ1v) is 34.4. The van der Waals surface area contributed by atoms with Crippen LogP contribution in [0, 0.1) is 0 Å². The molecule has 90 heavy (non-hydrogen) atoms. The number of fused-ring (bicyclic) bond motifs is 24. The lowest BCUT2D eigenvalue weighted by Gasteiger charge is -2.35. The van der Waals surface area contributed by atoms with E-state index in [0.29, 0.717) is 0 Å². The van der Waals surface area contributed by atoms with Gasteiger partial charge >= 0.3 is 0 Å². The molecule has 19 rings (SSSR count). The minimum atomic E-state index is -0.196. The Morgan fingerprint density at radius 2 is 0.244 bits per heavy atom. The summed E-state index contributed by atoms with van der Waals surface area (Å²) in [5, 5.41) is 0. The standard InChI is InChI=1S/C90H90/c1-79(2)55-31-27-25-29-43(55)67-69(79)45-33-59-47(35-57(45)81(67,5)6)71-73(83(59,9)10)49-37-63-51(39-61(49)85(71,13)14)75-77(87(63,17)18)53-41-66-54(42-65(53)89(75,21)22)78-76(90(66,23)24)52-40-62-50(38-64(52)88(78,19)20)74-72(86(62,15)16)48-36-58-46(34-60(48)84(74,11)12)70-68(82(58,7)8)44-30-26-28-32-56(44)80(70,3)4/h25-42H,1-24H3. The van der Waals surface area contributed by atoms with E-state index >= 15 is 0 Å². The van der Waals surface area contributed by atoms with Crippen molar-refractivity contribution in [3.8, 4) is 0 Å². The lowest BCUT2D eigenvalue weighted by molar-refractivity contribution is 0.666. The fourth-order valence-corrected chi connectivity index (χ4v) is 23.8. The maximum absolute atomic E-state index is 2.73. The van der Waals surface area contributed by atoms with Gasteiger partial charge in [0.15, 0.2) is 0 Å². The zero-order chi connectivity index (χ0) is 63.5. The number of hydrogen-bond donors (Lipinski definition) is 0. The lowest BCUT2D eigenvalue weighted by atomic mass is 9.68. The molecule has 0 fully saturated rings. The minimum absolute atomic E-state index is 0.0544. The highest BCUT2D eigenvalue weighted by atomic mass is 14.6. The van der Waals surface area contributed by atoms with Gasteiger partial charge in [0.1, 0.15) is 0 Å². The molecule has 0 atom stereocenters. The van der Waals surface area contributed by atoms with Crippen molar-refractivity contribution in [3.63, 3.8) is 0 Å². The molecular weight excluding hydrogens is 1080 g/mol. The number of rotatable bonds is 0. The van der Waals surface area contributed by atoms with Gasteiger partial charge in [0.2, 0.25) is 0 Å². The van der Waals surface area contributed by atoms with Crippen molar-refractivity contribution >= 4 is 66.9 Å². The average Bonchev–Trinajstić information content (AvgIpc) is 1.50. The van der Waals surface area contributed by atoms with Crippen molar-refractivity contribution < 1.29 is 0 Å². The highest BCUT2D eigenvalue weighted by Gasteiger charge is 2.61. The Bertz CT molecular complexity index is 4780. The third kappa shape index (κ3) is 5.36. The van der Waals surface area contributed by atoms with Crippen LogP contribution in [0.15, 0.2) is 109 Å². The van der Waals surface area contributed by atoms with Gasteiger partial charge < -0.3 is 0 Å². The lowest BCUT2D eigenvalue weighted by Crippen LogP contribution is -2.25. The zero-order valence-corrected chi connectivity index (χ0v) is 58.4. The molecule has 0 N–H and O–H groups in total. The SMILES string of the molecule is CC1(C)C2=C(c3ccccc31)C(C)(C)c1cc3c(cc12)C(C)(C)C1=C3C(C)(C)c2cc3c(cc21)C(C)(C)C1=C3C(C)(C)c2cc3c(cc21)C(C)(C)C1=C3C(C)(C)c2cc3c(cc21)C(C)(C)C1=C3C(C)(C)c2cc3c(cc21)C(C)(C)C1=C3C(C)(C)c2ccccc21. The van der Waals surface area contributed by atoms with Crippen LogP contribution in [0.25, 0.3) is 66.9 Å². The van der Waals surface area contributed by atoms with E-state index in [9.17, 15) is 0 Å². The number of allylic oxidation sites excluding steroid dienone is 12. The van der Waals surface area contributed by atoms with E-state index < -0.39 is 0 Å². The van der Waals surface area contributed by atoms with Crippen molar-refractivity contribution in [2.24, 2.45) is 0 Å². The molecule has 0 unspecified atom stereocenters. The Hall–Kier alpha value is -7.02. The normalized spacial score (nSPS) is 24.8. The fourth-order valence-electron chi connectivity index (χ4n) is 23.8. The molecule has 0 saturated heterocycles. The van der Waals surface area contributed by atoms with E-state index in [-0.39, 0.29) is 65.0 Å². The van der Waals surface area contributed by atoms with Crippen LogP contribution >= 0.6 is 0 Å². The summed E-state index contributed by atoms with van der Waals surface area (Å²) >= 11 is 0. The van der Waals surface area contributed by atoms with Crippen molar-refractivity contribution in [3.05, 3.63) is 243 Å². The molecule has 0 aromatic heterocycles. The number of hydrogen-bond acceptors (Lipinski definition) is 0. The van der Waals surface area contributed by atoms with Gasteiger partial charge in [-0.2, -0.15) is 0 Å². The molecule has 7 aromatic rings. The second kappa shape index (κ2) is 14.7. The summed E-state index contributed by atoms with van der Waals surface area (Å²) in [5.41, 5.74) is 52.6. The Kier molecular flexibility index (Phi) is 8.96. The van der Waals surface area contributed by atoms with E-state index in [0.717, 1.165) is 0 Å². The molecule has 450 valence electrons. The van der Waals surface area contributed by atoms with Gasteiger partial charge in [0, 0.05) is 65.0 Å². The van der Waals surface area contributed by atoms with Crippen LogP contribution in [0.5, 0.6) is 0 Å². The molecule has 0 amide bonds. The van der Waals surface area contributed by atoms with E-state index in [1.807, 2.05) is 0 Å². The minimum Gasteiger partial charge on any atom is -0.0619 e. The average molecular weight is 1170 g/mol. The first-order valence-electron chi connectivity index (χ1n) is 34.4. The maximum Gasteiger partial charge on any atom is 0.0162 e. The van der Waals surface area contributed by atoms with Crippen LogP contribution in [-0.4, -0.2) is 0 Å². The van der Waals surface area contributed by atoms with Gasteiger partial charge in [-0.1, -0.05) is 215 Å². The summed E-state index contributed by atoms with van der Waals surface area (Å²) in [6, 6.07) is 45.6. The van der Waals surface area contributed by atoms with Gasteiger partial charge in [-0.15, -0.1) is 0 Å². The van der Waals surface area contributed by atoms with Crippen LogP contribution in [0.2, 0.25) is 0 Å². The predicted molar refractivity (Wildman–Crippen MR) is 382 cm³/mol. The van der Waals surface area contributed by atoms with E-state index in [1.165, 1.54) is 134 Å². The van der Waals surface area contributed by atoms with Crippen LogP contribution in [-0.2, 0) is 65.0 Å². The first kappa shape index (κ1) is 54.7. The van der Waals surface area contributed by atoms with Crippen LogP contribution in [0.4, 0.5) is 0 Å². The van der Waals surface area contributed by atoms with Gasteiger partial charge in [-0.3, -0.25) is 0 Å².